The van der Waals surface area contributed by atoms with Crippen LogP contribution in [0, 0.1) is 0 Å². The summed E-state index contributed by atoms with van der Waals surface area (Å²) in [4.78, 5) is 8.02. The lowest BCUT2D eigenvalue weighted by atomic mass is 10.1. The number of nitrogen functional groups attached to an aromatic ring is 1. The van der Waals surface area contributed by atoms with Crippen molar-refractivity contribution in [3.05, 3.63) is 65.9 Å². The minimum absolute atomic E-state index is 0.620. The number of benzene rings is 2. The van der Waals surface area contributed by atoms with Gasteiger partial charge in [-0.25, -0.2) is 4.98 Å². The molecule has 0 aliphatic heterocycles. The molecule has 114 valence electrons. The van der Waals surface area contributed by atoms with Crippen molar-refractivity contribution in [2.45, 2.75) is 6.42 Å². The number of hydrogen-bond donors (Lipinski definition) is 2. The van der Waals surface area contributed by atoms with Crippen LogP contribution in [0.25, 0.3) is 22.4 Å². The van der Waals surface area contributed by atoms with E-state index in [1.807, 2.05) is 49.5 Å². The largest absolute Gasteiger partial charge is 0.383 e. The zero-order chi connectivity index (χ0) is 15.8. The van der Waals surface area contributed by atoms with Gasteiger partial charge in [0.2, 0.25) is 0 Å². The summed E-state index contributed by atoms with van der Waals surface area (Å²) < 4.78 is 1.71. The van der Waals surface area contributed by atoms with Crippen molar-refractivity contribution in [1.82, 2.24) is 19.7 Å². The summed E-state index contributed by atoms with van der Waals surface area (Å²) in [6.45, 7) is 0. The maximum Gasteiger partial charge on any atom is 0.144 e. The average Bonchev–Trinajstić information content (AvgIpc) is 3.09. The lowest BCUT2D eigenvalue weighted by molar-refractivity contribution is 0.759. The first-order valence-corrected chi connectivity index (χ1v) is 7.53. The maximum absolute atomic E-state index is 6.25. The van der Waals surface area contributed by atoms with Gasteiger partial charge in [0.15, 0.2) is 0 Å². The predicted molar refractivity (Wildman–Crippen MR) is 92.0 cm³/mol. The van der Waals surface area contributed by atoms with Crippen molar-refractivity contribution < 1.29 is 0 Å². The Balaban J connectivity index is 1.84. The molecule has 23 heavy (non-hydrogen) atoms. The Morgan fingerprint density at radius 3 is 2.57 bits per heavy atom. The molecule has 3 N–H and O–H groups in total. The molecular formula is C18H17N5. The first kappa shape index (κ1) is 13.6. The van der Waals surface area contributed by atoms with E-state index in [0.717, 1.165) is 34.5 Å². The summed E-state index contributed by atoms with van der Waals surface area (Å²) in [7, 11) is 1.86. The molecule has 0 spiro atoms. The van der Waals surface area contributed by atoms with Crippen LogP contribution in [0.15, 0.2) is 54.6 Å². The van der Waals surface area contributed by atoms with Crippen LogP contribution in [0.4, 0.5) is 5.82 Å². The topological polar surface area (TPSA) is 72.5 Å². The van der Waals surface area contributed by atoms with Gasteiger partial charge in [0.05, 0.1) is 22.3 Å². The molecule has 0 saturated heterocycles. The van der Waals surface area contributed by atoms with Gasteiger partial charge in [0.1, 0.15) is 11.6 Å². The molecule has 2 heterocycles. The Kier molecular flexibility index (Phi) is 3.12. The number of nitrogens with zero attached hydrogens (tertiary/aromatic N) is 3. The molecule has 0 fully saturated rings. The maximum atomic E-state index is 6.25. The van der Waals surface area contributed by atoms with Crippen LogP contribution >= 0.6 is 0 Å². The highest BCUT2D eigenvalue weighted by Crippen LogP contribution is 2.30. The molecule has 0 aliphatic carbocycles. The Labute approximate surface area is 133 Å². The van der Waals surface area contributed by atoms with Gasteiger partial charge in [-0.2, -0.15) is 5.10 Å². The smallest absolute Gasteiger partial charge is 0.144 e. The van der Waals surface area contributed by atoms with Gasteiger partial charge in [-0.3, -0.25) is 4.68 Å². The molecule has 4 rings (SSSR count). The lowest BCUT2D eigenvalue weighted by Crippen LogP contribution is -1.98. The second-order valence-corrected chi connectivity index (χ2v) is 5.60. The van der Waals surface area contributed by atoms with Gasteiger partial charge in [0.25, 0.3) is 0 Å². The summed E-state index contributed by atoms with van der Waals surface area (Å²) in [5, 5.41) is 4.58. The van der Waals surface area contributed by atoms with E-state index < -0.39 is 0 Å². The first-order valence-electron chi connectivity index (χ1n) is 7.53. The van der Waals surface area contributed by atoms with Crippen molar-refractivity contribution in [1.29, 1.82) is 0 Å². The molecule has 5 heteroatoms. The fraction of sp³-hybridized carbons (Fsp3) is 0.111. The van der Waals surface area contributed by atoms with E-state index in [0.29, 0.717) is 5.82 Å². The minimum atomic E-state index is 0.620. The second-order valence-electron chi connectivity index (χ2n) is 5.60. The predicted octanol–water partition coefficient (Wildman–Crippen LogP) is 3.14. The second kappa shape index (κ2) is 5.28. The van der Waals surface area contributed by atoms with Gasteiger partial charge < -0.3 is 10.7 Å². The number of nitrogens with one attached hydrogen (secondary N) is 1. The number of rotatable bonds is 3. The van der Waals surface area contributed by atoms with Gasteiger partial charge in [-0.15, -0.1) is 0 Å². The Morgan fingerprint density at radius 1 is 1.04 bits per heavy atom. The van der Waals surface area contributed by atoms with Gasteiger partial charge in [-0.05, 0) is 17.7 Å². The number of hydrogen-bond acceptors (Lipinski definition) is 3. The number of anilines is 1. The molecule has 0 radical (unpaired) electrons. The van der Waals surface area contributed by atoms with Crippen molar-refractivity contribution in [3.8, 4) is 11.4 Å². The van der Waals surface area contributed by atoms with Crippen LogP contribution in [-0.4, -0.2) is 19.7 Å². The Bertz CT molecular complexity index is 933. The molecule has 0 unspecified atom stereocenters. The van der Waals surface area contributed by atoms with E-state index in [4.69, 9.17) is 5.73 Å². The van der Waals surface area contributed by atoms with Crippen molar-refractivity contribution in [2.24, 2.45) is 7.05 Å². The fourth-order valence-electron chi connectivity index (χ4n) is 2.84. The molecule has 0 aliphatic rings. The number of aryl methyl sites for hydroxylation is 1. The van der Waals surface area contributed by atoms with Crippen LogP contribution in [0.3, 0.4) is 0 Å². The van der Waals surface area contributed by atoms with Crippen LogP contribution in [-0.2, 0) is 13.5 Å². The van der Waals surface area contributed by atoms with Crippen molar-refractivity contribution >= 4 is 16.9 Å². The number of aromatic amines is 1. The number of para-hydroxylation sites is 2. The number of nitrogens with two attached hydrogens (primary N) is 1. The van der Waals surface area contributed by atoms with Crippen LogP contribution < -0.4 is 5.73 Å². The van der Waals surface area contributed by atoms with E-state index in [1.165, 1.54) is 5.56 Å². The van der Waals surface area contributed by atoms with Crippen LogP contribution in [0.2, 0.25) is 0 Å². The SMILES string of the molecule is Cn1nc(Cc2ccccc2)c(-c2nc3ccccc3[nH]2)c1N. The number of imidazole rings is 1. The van der Waals surface area contributed by atoms with Crippen molar-refractivity contribution in [3.63, 3.8) is 0 Å². The number of aromatic nitrogens is 4. The number of fused-ring (bicyclic) bond motifs is 1. The molecule has 0 atom stereocenters. The monoisotopic (exact) mass is 303 g/mol. The molecule has 2 aromatic carbocycles. The highest BCUT2D eigenvalue weighted by Gasteiger charge is 2.19. The lowest BCUT2D eigenvalue weighted by Gasteiger charge is -2.01. The third-order valence-corrected chi connectivity index (χ3v) is 4.00. The zero-order valence-electron chi connectivity index (χ0n) is 12.8. The van der Waals surface area contributed by atoms with Gasteiger partial charge in [-0.1, -0.05) is 42.5 Å². The quantitative estimate of drug-likeness (QED) is 0.610. The van der Waals surface area contributed by atoms with E-state index in [2.05, 4.69) is 27.2 Å². The van der Waals surface area contributed by atoms with Crippen LogP contribution in [0.1, 0.15) is 11.3 Å². The molecule has 0 saturated carbocycles. The average molecular weight is 303 g/mol. The third kappa shape index (κ3) is 2.36. The molecule has 4 aromatic rings. The zero-order valence-corrected chi connectivity index (χ0v) is 12.8. The summed E-state index contributed by atoms with van der Waals surface area (Å²) in [6.07, 6.45) is 0.720. The Hall–Kier alpha value is -3.08. The van der Waals surface area contributed by atoms with E-state index in [1.54, 1.807) is 4.68 Å². The number of H-pyrrole nitrogens is 1. The van der Waals surface area contributed by atoms with E-state index in [9.17, 15) is 0 Å². The van der Waals surface area contributed by atoms with Crippen LogP contribution in [0.5, 0.6) is 0 Å². The fourth-order valence-corrected chi connectivity index (χ4v) is 2.84. The summed E-state index contributed by atoms with van der Waals surface area (Å²) in [6, 6.07) is 18.2. The highest BCUT2D eigenvalue weighted by atomic mass is 15.3. The molecule has 0 bridgehead atoms. The summed E-state index contributed by atoms with van der Waals surface area (Å²) in [5.74, 6) is 1.39. The minimum Gasteiger partial charge on any atom is -0.383 e. The van der Waals surface area contributed by atoms with Crippen molar-refractivity contribution in [2.75, 3.05) is 5.73 Å². The van der Waals surface area contributed by atoms with Gasteiger partial charge >= 0.3 is 0 Å². The van der Waals surface area contributed by atoms with Gasteiger partial charge in [0, 0.05) is 13.5 Å². The summed E-state index contributed by atoms with van der Waals surface area (Å²) in [5.41, 5.74) is 11.2. The van der Waals surface area contributed by atoms with E-state index >= 15 is 0 Å². The summed E-state index contributed by atoms with van der Waals surface area (Å²) >= 11 is 0. The molecule has 2 aromatic heterocycles. The standard InChI is InChI=1S/C18H17N5/c1-23-17(19)16(15(22-23)11-12-7-3-2-4-8-12)18-20-13-9-5-6-10-14(13)21-18/h2-10H,11,19H2,1H3,(H,20,21). The molecule has 5 nitrogen and oxygen atoms in total. The highest BCUT2D eigenvalue weighted by molar-refractivity contribution is 5.82. The third-order valence-electron chi connectivity index (χ3n) is 4.00. The Morgan fingerprint density at radius 2 is 1.78 bits per heavy atom. The van der Waals surface area contributed by atoms with E-state index in [-0.39, 0.29) is 0 Å². The first-order chi connectivity index (χ1) is 11.2. The normalized spacial score (nSPS) is 11.2. The molecular weight excluding hydrogens is 286 g/mol. The molecule has 0 amide bonds.